The quantitative estimate of drug-likeness (QED) is 0.565. The Labute approximate surface area is 106 Å². The van der Waals surface area contributed by atoms with Crippen molar-refractivity contribution in [3.63, 3.8) is 0 Å². The minimum Gasteiger partial charge on any atom is -0.480 e. The second-order valence-corrected chi connectivity index (χ2v) is 5.73. The van der Waals surface area contributed by atoms with Crippen LogP contribution in [0.1, 0.15) is 12.8 Å². The van der Waals surface area contributed by atoms with Crippen molar-refractivity contribution in [1.29, 1.82) is 0 Å². The van der Waals surface area contributed by atoms with E-state index in [2.05, 4.69) is 5.10 Å². The van der Waals surface area contributed by atoms with Gasteiger partial charge in [-0.05, 0) is 12.8 Å². The summed E-state index contributed by atoms with van der Waals surface area (Å²) in [7, 11) is -4.35. The predicted octanol–water partition coefficient (Wildman–Crippen LogP) is -2.30. The summed E-state index contributed by atoms with van der Waals surface area (Å²) in [6.07, 6.45) is 0.535. The molecule has 1 aliphatic heterocycles. The van der Waals surface area contributed by atoms with E-state index in [1.807, 2.05) is 0 Å². The predicted molar refractivity (Wildman–Crippen MR) is 60.0 cm³/mol. The fourth-order valence-corrected chi connectivity index (χ4v) is 3.47. The van der Waals surface area contributed by atoms with Gasteiger partial charge in [0, 0.05) is 6.54 Å². The molecular formula is C8H10N4O6S. The number of nitrogens with one attached hydrogen (secondary N) is 2. The molecule has 0 amide bonds. The first-order valence-electron chi connectivity index (χ1n) is 5.27. The van der Waals surface area contributed by atoms with Crippen LogP contribution in [0.5, 0.6) is 0 Å². The lowest BCUT2D eigenvalue weighted by molar-refractivity contribution is -0.140. The maximum Gasteiger partial charge on any atom is 0.342 e. The Morgan fingerprint density at radius 2 is 2.11 bits per heavy atom. The SMILES string of the molecule is O=C(O)C1CCCN1S(=O)(=O)c1n[nH]c(=O)[nH]c1=O. The van der Waals surface area contributed by atoms with Gasteiger partial charge >= 0.3 is 11.7 Å². The van der Waals surface area contributed by atoms with Gasteiger partial charge in [0.25, 0.3) is 20.6 Å². The Morgan fingerprint density at radius 3 is 2.68 bits per heavy atom. The van der Waals surface area contributed by atoms with E-state index in [4.69, 9.17) is 5.11 Å². The third kappa shape index (κ3) is 2.29. The van der Waals surface area contributed by atoms with Crippen LogP contribution in [-0.4, -0.2) is 51.6 Å². The number of aromatic nitrogens is 3. The molecule has 1 aromatic heterocycles. The van der Waals surface area contributed by atoms with E-state index in [0.29, 0.717) is 10.7 Å². The van der Waals surface area contributed by atoms with E-state index in [1.165, 1.54) is 0 Å². The molecule has 0 spiro atoms. The zero-order chi connectivity index (χ0) is 14.2. The van der Waals surface area contributed by atoms with Gasteiger partial charge in [-0.3, -0.25) is 14.6 Å². The number of rotatable bonds is 3. The van der Waals surface area contributed by atoms with Crippen LogP contribution < -0.4 is 11.2 Å². The Kier molecular flexibility index (Phi) is 3.24. The molecule has 19 heavy (non-hydrogen) atoms. The normalized spacial score (nSPS) is 20.5. The Hall–Kier alpha value is -2.01. The van der Waals surface area contributed by atoms with E-state index >= 15 is 0 Å². The van der Waals surface area contributed by atoms with Crippen LogP contribution in [0, 0.1) is 0 Å². The molecule has 1 unspecified atom stereocenters. The van der Waals surface area contributed by atoms with Crippen LogP contribution >= 0.6 is 0 Å². The summed E-state index contributed by atoms with van der Waals surface area (Å²) in [5.74, 6) is -1.29. The van der Waals surface area contributed by atoms with Crippen molar-refractivity contribution in [2.45, 2.75) is 23.9 Å². The highest BCUT2D eigenvalue weighted by molar-refractivity contribution is 7.89. The lowest BCUT2D eigenvalue weighted by atomic mass is 10.2. The zero-order valence-electron chi connectivity index (χ0n) is 9.49. The van der Waals surface area contributed by atoms with Crippen molar-refractivity contribution in [3.05, 3.63) is 20.8 Å². The van der Waals surface area contributed by atoms with Crippen molar-refractivity contribution in [2.75, 3.05) is 6.54 Å². The molecule has 1 aromatic rings. The van der Waals surface area contributed by atoms with Gasteiger partial charge < -0.3 is 5.11 Å². The Bertz CT molecular complexity index is 719. The van der Waals surface area contributed by atoms with Crippen molar-refractivity contribution >= 4 is 16.0 Å². The largest absolute Gasteiger partial charge is 0.480 e. The average molecular weight is 290 g/mol. The molecule has 1 saturated heterocycles. The summed E-state index contributed by atoms with van der Waals surface area (Å²) in [6, 6.07) is -1.22. The van der Waals surface area contributed by atoms with E-state index in [-0.39, 0.29) is 13.0 Å². The molecule has 2 heterocycles. The van der Waals surface area contributed by atoms with Crippen LogP contribution in [0.2, 0.25) is 0 Å². The van der Waals surface area contributed by atoms with Crippen molar-refractivity contribution in [2.24, 2.45) is 0 Å². The maximum atomic E-state index is 12.1. The first-order valence-corrected chi connectivity index (χ1v) is 6.71. The monoisotopic (exact) mass is 290 g/mol. The van der Waals surface area contributed by atoms with E-state index in [1.54, 1.807) is 10.1 Å². The minimum atomic E-state index is -4.35. The lowest BCUT2D eigenvalue weighted by Gasteiger charge is -2.19. The summed E-state index contributed by atoms with van der Waals surface area (Å²) in [4.78, 5) is 34.9. The molecule has 2 rings (SSSR count). The van der Waals surface area contributed by atoms with Crippen molar-refractivity contribution in [3.8, 4) is 0 Å². The van der Waals surface area contributed by atoms with Gasteiger partial charge in [-0.2, -0.15) is 9.40 Å². The summed E-state index contributed by atoms with van der Waals surface area (Å²) in [5.41, 5.74) is -2.13. The molecule has 3 N–H and O–H groups in total. The van der Waals surface area contributed by atoms with E-state index < -0.39 is 38.3 Å². The topological polar surface area (TPSA) is 153 Å². The molecule has 1 fully saturated rings. The highest BCUT2D eigenvalue weighted by Gasteiger charge is 2.41. The van der Waals surface area contributed by atoms with Gasteiger partial charge in [-0.25, -0.2) is 18.3 Å². The minimum absolute atomic E-state index is 0.0143. The van der Waals surface area contributed by atoms with Gasteiger partial charge in [0.2, 0.25) is 0 Å². The Balaban J connectivity index is 2.51. The number of H-pyrrole nitrogens is 2. The molecule has 0 aliphatic carbocycles. The van der Waals surface area contributed by atoms with Crippen LogP contribution in [0.15, 0.2) is 14.6 Å². The number of carbonyl (C=O) groups is 1. The number of carboxylic acid groups (broad SMARTS) is 1. The standard InChI is InChI=1S/C8H10N4O6S/c13-5-6(10-11-8(16)9-5)19(17,18)12-3-1-2-4(12)7(14)15/h4H,1-3H2,(H,14,15)(H2,9,11,13,16). The summed E-state index contributed by atoms with van der Waals surface area (Å²) < 4.78 is 25.0. The van der Waals surface area contributed by atoms with Gasteiger partial charge in [-0.1, -0.05) is 0 Å². The molecule has 104 valence electrons. The third-order valence-corrected chi connectivity index (χ3v) is 4.54. The molecule has 0 bridgehead atoms. The second-order valence-electron chi connectivity index (χ2n) is 3.92. The van der Waals surface area contributed by atoms with Gasteiger partial charge in [0.15, 0.2) is 0 Å². The number of nitrogens with zero attached hydrogens (tertiary/aromatic N) is 2. The summed E-state index contributed by atoms with van der Waals surface area (Å²) in [5, 5.41) is 13.0. The number of hydrogen-bond acceptors (Lipinski definition) is 6. The summed E-state index contributed by atoms with van der Waals surface area (Å²) >= 11 is 0. The maximum absolute atomic E-state index is 12.1. The average Bonchev–Trinajstić information content (AvgIpc) is 2.77. The number of aromatic amines is 2. The molecule has 0 aromatic carbocycles. The van der Waals surface area contributed by atoms with Crippen LogP contribution in [-0.2, 0) is 14.8 Å². The smallest absolute Gasteiger partial charge is 0.342 e. The van der Waals surface area contributed by atoms with Crippen molar-refractivity contribution in [1.82, 2.24) is 19.5 Å². The van der Waals surface area contributed by atoms with Crippen LogP contribution in [0.25, 0.3) is 0 Å². The molecule has 1 aliphatic rings. The Morgan fingerprint density at radius 1 is 1.42 bits per heavy atom. The van der Waals surface area contributed by atoms with Crippen LogP contribution in [0.4, 0.5) is 0 Å². The highest BCUT2D eigenvalue weighted by atomic mass is 32.2. The summed E-state index contributed by atoms with van der Waals surface area (Å²) in [6.45, 7) is -0.0143. The highest BCUT2D eigenvalue weighted by Crippen LogP contribution is 2.23. The van der Waals surface area contributed by atoms with Crippen LogP contribution in [0.3, 0.4) is 0 Å². The number of aliphatic carboxylic acids is 1. The molecule has 1 atom stereocenters. The van der Waals surface area contributed by atoms with E-state index in [9.17, 15) is 22.8 Å². The molecule has 11 heteroatoms. The number of hydrogen-bond donors (Lipinski definition) is 3. The number of carboxylic acids is 1. The fourth-order valence-electron chi connectivity index (χ4n) is 1.90. The molecule has 0 saturated carbocycles. The second kappa shape index (κ2) is 4.59. The third-order valence-electron chi connectivity index (χ3n) is 2.72. The first-order chi connectivity index (χ1) is 8.84. The fraction of sp³-hybridized carbons (Fsp3) is 0.500. The van der Waals surface area contributed by atoms with Gasteiger partial charge in [0.05, 0.1) is 0 Å². The zero-order valence-corrected chi connectivity index (χ0v) is 10.3. The molecule has 0 radical (unpaired) electrons. The van der Waals surface area contributed by atoms with Gasteiger partial charge in [0.1, 0.15) is 6.04 Å². The lowest BCUT2D eigenvalue weighted by Crippen LogP contribution is -2.43. The van der Waals surface area contributed by atoms with E-state index in [0.717, 1.165) is 0 Å². The van der Waals surface area contributed by atoms with Crippen molar-refractivity contribution < 1.29 is 18.3 Å². The first kappa shape index (κ1) is 13.4. The number of sulfonamides is 1. The molecular weight excluding hydrogens is 280 g/mol. The van der Waals surface area contributed by atoms with Gasteiger partial charge in [-0.15, -0.1) is 0 Å². The molecule has 10 nitrogen and oxygen atoms in total.